The lowest BCUT2D eigenvalue weighted by atomic mass is 9.99. The lowest BCUT2D eigenvalue weighted by Gasteiger charge is -2.24. The van der Waals surface area contributed by atoms with Crippen LogP contribution >= 0.6 is 11.3 Å². The molecule has 1 aromatic carbocycles. The predicted octanol–water partition coefficient (Wildman–Crippen LogP) is 3.91. The van der Waals surface area contributed by atoms with Crippen LogP contribution in [0.5, 0.6) is 5.75 Å². The summed E-state index contributed by atoms with van der Waals surface area (Å²) in [5.74, 6) is -2.46. The van der Waals surface area contributed by atoms with Crippen LogP contribution in [0, 0.1) is 5.82 Å². The summed E-state index contributed by atoms with van der Waals surface area (Å²) >= 11 is 1.36. The highest BCUT2D eigenvalue weighted by molar-refractivity contribution is 7.10. The number of aliphatic hydroxyl groups is 1. The number of hydrogen-bond donors (Lipinski definition) is 1. The van der Waals surface area contributed by atoms with Crippen molar-refractivity contribution in [2.24, 2.45) is 0 Å². The zero-order valence-electron chi connectivity index (χ0n) is 15.9. The first-order valence-electron chi connectivity index (χ1n) is 9.06. The Morgan fingerprint density at radius 1 is 1.27 bits per heavy atom. The van der Waals surface area contributed by atoms with Crippen molar-refractivity contribution in [3.8, 4) is 5.75 Å². The van der Waals surface area contributed by atoms with Gasteiger partial charge in [0.25, 0.3) is 11.7 Å². The first-order chi connectivity index (χ1) is 14.5. The molecule has 6 nitrogen and oxygen atoms in total. The van der Waals surface area contributed by atoms with Crippen molar-refractivity contribution in [3.05, 3.63) is 87.6 Å². The molecule has 1 unspecified atom stereocenters. The van der Waals surface area contributed by atoms with Gasteiger partial charge in [-0.3, -0.25) is 14.6 Å². The third-order valence-corrected chi connectivity index (χ3v) is 5.77. The molecule has 1 amide bonds. The van der Waals surface area contributed by atoms with E-state index in [4.69, 9.17) is 4.74 Å². The molecule has 0 aliphatic carbocycles. The van der Waals surface area contributed by atoms with Gasteiger partial charge >= 0.3 is 0 Å². The molecule has 30 heavy (non-hydrogen) atoms. The number of likely N-dealkylation sites (tertiary alicyclic amines) is 1. The van der Waals surface area contributed by atoms with Crippen molar-refractivity contribution in [1.29, 1.82) is 0 Å². The van der Waals surface area contributed by atoms with Gasteiger partial charge in [-0.1, -0.05) is 12.1 Å². The zero-order chi connectivity index (χ0) is 21.3. The average molecular weight is 424 g/mol. The Kier molecular flexibility index (Phi) is 5.33. The number of hydrogen-bond acceptors (Lipinski definition) is 6. The van der Waals surface area contributed by atoms with Gasteiger partial charge in [-0.2, -0.15) is 0 Å². The van der Waals surface area contributed by atoms with E-state index < -0.39 is 29.3 Å². The molecule has 4 rings (SSSR count). The Hall–Kier alpha value is -3.52. The minimum absolute atomic E-state index is 0.0124. The molecule has 0 saturated carbocycles. The van der Waals surface area contributed by atoms with Gasteiger partial charge < -0.3 is 14.7 Å². The van der Waals surface area contributed by atoms with Gasteiger partial charge in [0.1, 0.15) is 17.3 Å². The lowest BCUT2D eigenvalue weighted by Crippen LogP contribution is -2.28. The molecule has 2 aromatic heterocycles. The van der Waals surface area contributed by atoms with Gasteiger partial charge in [-0.15, -0.1) is 11.3 Å². The van der Waals surface area contributed by atoms with Gasteiger partial charge in [0.2, 0.25) is 0 Å². The number of halogens is 1. The van der Waals surface area contributed by atoms with E-state index in [-0.39, 0.29) is 23.4 Å². The minimum atomic E-state index is -0.832. The normalized spacial score (nSPS) is 18.1. The highest BCUT2D eigenvalue weighted by Gasteiger charge is 2.46. The van der Waals surface area contributed by atoms with E-state index in [1.54, 1.807) is 36.7 Å². The Labute approximate surface area is 175 Å². The van der Waals surface area contributed by atoms with Crippen molar-refractivity contribution in [1.82, 2.24) is 9.88 Å². The molecule has 152 valence electrons. The summed E-state index contributed by atoms with van der Waals surface area (Å²) in [4.78, 5) is 32.0. The number of benzene rings is 1. The summed E-state index contributed by atoms with van der Waals surface area (Å²) in [6.07, 6.45) is 3.23. The number of aliphatic hydroxyl groups excluding tert-OH is 1. The second-order valence-electron chi connectivity index (χ2n) is 6.65. The SMILES string of the molecule is COc1ccc(F)cc1/C(O)=C1\C(=O)C(=O)N(Cc2cccnc2)C1c1cccs1. The molecule has 1 aliphatic heterocycles. The van der Waals surface area contributed by atoms with E-state index in [2.05, 4.69) is 4.98 Å². The number of ether oxygens (including phenoxy) is 1. The Morgan fingerprint density at radius 3 is 2.77 bits per heavy atom. The highest BCUT2D eigenvalue weighted by Crippen LogP contribution is 2.43. The first kappa shape index (κ1) is 19.8. The van der Waals surface area contributed by atoms with Gasteiger partial charge in [-0.25, -0.2) is 4.39 Å². The third kappa shape index (κ3) is 3.46. The molecule has 0 radical (unpaired) electrons. The van der Waals surface area contributed by atoms with Crippen LogP contribution in [0.25, 0.3) is 5.76 Å². The monoisotopic (exact) mass is 424 g/mol. The number of pyridine rings is 1. The van der Waals surface area contributed by atoms with Crippen LogP contribution in [-0.4, -0.2) is 33.8 Å². The van der Waals surface area contributed by atoms with Crippen LogP contribution in [0.15, 0.2) is 65.8 Å². The number of aromatic nitrogens is 1. The summed E-state index contributed by atoms with van der Waals surface area (Å²) in [5, 5.41) is 12.8. The Bertz CT molecular complexity index is 1130. The minimum Gasteiger partial charge on any atom is -0.507 e. The molecule has 1 saturated heterocycles. The second kappa shape index (κ2) is 8.08. The number of rotatable bonds is 5. The molecule has 8 heteroatoms. The van der Waals surface area contributed by atoms with Crippen LogP contribution in [0.3, 0.4) is 0 Å². The molecule has 1 atom stereocenters. The number of amides is 1. The molecule has 1 aliphatic rings. The van der Waals surface area contributed by atoms with Crippen LogP contribution in [-0.2, 0) is 16.1 Å². The van der Waals surface area contributed by atoms with Gasteiger partial charge in [0.15, 0.2) is 0 Å². The first-order valence-corrected chi connectivity index (χ1v) is 9.94. The summed E-state index contributed by atoms with van der Waals surface area (Å²) < 4.78 is 19.1. The Balaban J connectivity index is 1.88. The molecule has 3 heterocycles. The van der Waals surface area contributed by atoms with E-state index in [9.17, 15) is 19.1 Å². The topological polar surface area (TPSA) is 79.7 Å². The van der Waals surface area contributed by atoms with Crippen LogP contribution < -0.4 is 4.74 Å². The third-order valence-electron chi connectivity index (χ3n) is 4.84. The lowest BCUT2D eigenvalue weighted by molar-refractivity contribution is -0.140. The summed E-state index contributed by atoms with van der Waals surface area (Å²) in [6.45, 7) is 0.137. The van der Waals surface area contributed by atoms with Gasteiger partial charge in [0, 0.05) is 23.8 Å². The fourth-order valence-corrected chi connectivity index (χ4v) is 4.33. The molecular weight excluding hydrogens is 407 g/mol. The molecule has 0 bridgehead atoms. The van der Waals surface area contributed by atoms with Crippen LogP contribution in [0.4, 0.5) is 4.39 Å². The van der Waals surface area contributed by atoms with E-state index in [1.165, 1.54) is 35.5 Å². The van der Waals surface area contributed by atoms with Crippen LogP contribution in [0.1, 0.15) is 22.0 Å². The van der Waals surface area contributed by atoms with E-state index in [0.717, 1.165) is 11.6 Å². The number of Topliss-reactive ketones (excluding diaryl/α,β-unsaturated/α-hetero) is 1. The maximum Gasteiger partial charge on any atom is 0.295 e. The maximum atomic E-state index is 13.9. The number of thiophene rings is 1. The van der Waals surface area contributed by atoms with Crippen molar-refractivity contribution in [2.45, 2.75) is 12.6 Å². The number of carbonyl (C=O) groups excluding carboxylic acids is 2. The highest BCUT2D eigenvalue weighted by atomic mass is 32.1. The van der Waals surface area contributed by atoms with Crippen molar-refractivity contribution in [3.63, 3.8) is 0 Å². The molecule has 1 fully saturated rings. The largest absolute Gasteiger partial charge is 0.507 e. The summed E-state index contributed by atoms with van der Waals surface area (Å²) in [7, 11) is 1.38. The molecule has 0 spiro atoms. The number of methoxy groups -OCH3 is 1. The summed E-state index contributed by atoms with van der Waals surface area (Å²) in [6, 6.07) is 9.94. The smallest absolute Gasteiger partial charge is 0.295 e. The van der Waals surface area contributed by atoms with Gasteiger partial charge in [-0.05, 0) is 41.3 Å². The van der Waals surface area contributed by atoms with E-state index in [0.29, 0.717) is 4.88 Å². The van der Waals surface area contributed by atoms with Crippen molar-refractivity contribution >= 4 is 28.8 Å². The average Bonchev–Trinajstić information content (AvgIpc) is 3.37. The molecular formula is C22H17FN2O4S. The maximum absolute atomic E-state index is 13.9. The quantitative estimate of drug-likeness (QED) is 0.382. The zero-order valence-corrected chi connectivity index (χ0v) is 16.7. The number of ketones is 1. The number of nitrogens with zero attached hydrogens (tertiary/aromatic N) is 2. The summed E-state index contributed by atoms with van der Waals surface area (Å²) in [5.41, 5.74) is 0.651. The fraction of sp³-hybridized carbons (Fsp3) is 0.136. The predicted molar refractivity (Wildman–Crippen MR) is 109 cm³/mol. The Morgan fingerprint density at radius 2 is 2.10 bits per heavy atom. The van der Waals surface area contributed by atoms with Crippen molar-refractivity contribution in [2.75, 3.05) is 7.11 Å². The number of carbonyl (C=O) groups is 2. The van der Waals surface area contributed by atoms with E-state index >= 15 is 0 Å². The second-order valence-corrected chi connectivity index (χ2v) is 7.63. The molecule has 1 N–H and O–H groups in total. The van der Waals surface area contributed by atoms with Crippen LogP contribution in [0.2, 0.25) is 0 Å². The van der Waals surface area contributed by atoms with E-state index in [1.807, 2.05) is 5.38 Å². The van der Waals surface area contributed by atoms with Crippen molar-refractivity contribution < 1.29 is 23.8 Å². The fourth-order valence-electron chi connectivity index (χ4n) is 3.48. The standard InChI is InChI=1S/C22H17FN2O4S/c1-29-16-7-6-14(23)10-15(16)20(26)18-19(17-5-3-9-30-17)25(22(28)21(18)27)12-13-4-2-8-24-11-13/h2-11,19,26H,12H2,1H3/b20-18+. The van der Waals surface area contributed by atoms with Gasteiger partial charge in [0.05, 0.1) is 24.3 Å². The molecule has 3 aromatic rings.